The average molecular weight is 247 g/mol. The lowest BCUT2D eigenvalue weighted by Gasteiger charge is -2.16. The summed E-state index contributed by atoms with van der Waals surface area (Å²) in [6.45, 7) is 3.38. The van der Waals surface area contributed by atoms with Crippen molar-refractivity contribution in [3.05, 3.63) is 17.8 Å². The first kappa shape index (κ1) is 11.4. The van der Waals surface area contributed by atoms with Gasteiger partial charge in [0.2, 0.25) is 11.8 Å². The summed E-state index contributed by atoms with van der Waals surface area (Å²) in [4.78, 5) is 13.8. The molecule has 0 bridgehead atoms. The minimum atomic E-state index is 0.0599. The second-order valence-corrected chi connectivity index (χ2v) is 5.10. The Hall–Kier alpha value is -1.65. The minimum Gasteiger partial charge on any atom is -0.471 e. The van der Waals surface area contributed by atoms with E-state index in [4.69, 9.17) is 4.74 Å². The highest BCUT2D eigenvalue weighted by Crippen LogP contribution is 2.32. The molecule has 2 fully saturated rings. The van der Waals surface area contributed by atoms with Gasteiger partial charge in [0, 0.05) is 24.9 Å². The number of hydrogen-bond donors (Lipinski definition) is 0. The molecule has 3 rings (SSSR count). The highest BCUT2D eigenvalue weighted by Gasteiger charge is 2.37. The number of hydrogen-bond acceptors (Lipinski definition) is 4. The van der Waals surface area contributed by atoms with Crippen molar-refractivity contribution >= 4 is 5.91 Å². The van der Waals surface area contributed by atoms with Crippen LogP contribution in [0.25, 0.3) is 0 Å². The van der Waals surface area contributed by atoms with E-state index in [1.54, 1.807) is 0 Å². The van der Waals surface area contributed by atoms with Crippen molar-refractivity contribution in [2.75, 3.05) is 13.1 Å². The van der Waals surface area contributed by atoms with Crippen molar-refractivity contribution < 1.29 is 9.53 Å². The van der Waals surface area contributed by atoms with Crippen LogP contribution in [0.2, 0.25) is 0 Å². The summed E-state index contributed by atoms with van der Waals surface area (Å²) in [6, 6.07) is 3.71. The zero-order chi connectivity index (χ0) is 12.5. The highest BCUT2D eigenvalue weighted by molar-refractivity contribution is 5.81. The Morgan fingerprint density at radius 3 is 2.83 bits per heavy atom. The smallest absolute Gasteiger partial charge is 0.233 e. The molecule has 0 radical (unpaired) electrons. The Balaban J connectivity index is 1.55. The molecule has 18 heavy (non-hydrogen) atoms. The molecule has 2 heterocycles. The van der Waals surface area contributed by atoms with Crippen LogP contribution in [0, 0.1) is 12.8 Å². The third kappa shape index (κ3) is 2.44. The Bertz CT molecular complexity index is 442. The van der Waals surface area contributed by atoms with E-state index in [9.17, 15) is 4.79 Å². The zero-order valence-corrected chi connectivity index (χ0v) is 10.5. The number of amides is 1. The molecule has 1 atom stereocenters. The van der Waals surface area contributed by atoms with Crippen LogP contribution in [0.4, 0.5) is 0 Å². The van der Waals surface area contributed by atoms with Gasteiger partial charge >= 0.3 is 0 Å². The maximum Gasteiger partial charge on any atom is 0.233 e. The van der Waals surface area contributed by atoms with Gasteiger partial charge < -0.3 is 9.64 Å². The van der Waals surface area contributed by atoms with Crippen molar-refractivity contribution in [1.82, 2.24) is 15.1 Å². The largest absolute Gasteiger partial charge is 0.471 e. The Kier molecular flexibility index (Phi) is 2.89. The minimum absolute atomic E-state index is 0.0599. The quantitative estimate of drug-likeness (QED) is 0.804. The van der Waals surface area contributed by atoms with Gasteiger partial charge in [-0.25, -0.2) is 0 Å². The topological polar surface area (TPSA) is 55.3 Å². The number of ether oxygens (including phenoxy) is 1. The molecule has 2 aliphatic rings. The molecule has 1 saturated carbocycles. The first-order chi connectivity index (χ1) is 8.72. The lowest BCUT2D eigenvalue weighted by molar-refractivity contribution is -0.131. The van der Waals surface area contributed by atoms with Crippen LogP contribution in [0.15, 0.2) is 12.1 Å². The Labute approximate surface area is 106 Å². The number of aryl methyl sites for hydroxylation is 1. The fraction of sp³-hybridized carbons (Fsp3) is 0.615. The van der Waals surface area contributed by atoms with Crippen molar-refractivity contribution in [3.8, 4) is 5.88 Å². The molecule has 0 aromatic carbocycles. The second-order valence-electron chi connectivity index (χ2n) is 5.10. The van der Waals surface area contributed by atoms with Crippen LogP contribution in [0.5, 0.6) is 5.88 Å². The van der Waals surface area contributed by atoms with Gasteiger partial charge in [-0.05, 0) is 25.8 Å². The van der Waals surface area contributed by atoms with Crippen LogP contribution in [0.3, 0.4) is 0 Å². The molecular weight excluding hydrogens is 230 g/mol. The number of carbonyl (C=O) groups excluding carboxylic acids is 1. The summed E-state index contributed by atoms with van der Waals surface area (Å²) in [5, 5.41) is 7.94. The standard InChI is InChI=1S/C13H17N3O2/c1-9-2-5-12(15-14-9)18-11-6-7-16(8-11)13(17)10-3-4-10/h2,5,10-11H,3-4,6-8H2,1H3. The van der Waals surface area contributed by atoms with Crippen LogP contribution >= 0.6 is 0 Å². The van der Waals surface area contributed by atoms with Crippen LogP contribution in [0.1, 0.15) is 25.0 Å². The summed E-state index contributed by atoms with van der Waals surface area (Å²) in [7, 11) is 0. The lowest BCUT2D eigenvalue weighted by Crippen LogP contribution is -2.32. The number of likely N-dealkylation sites (tertiary alicyclic amines) is 1. The first-order valence-electron chi connectivity index (χ1n) is 6.48. The Morgan fingerprint density at radius 2 is 2.17 bits per heavy atom. The maximum absolute atomic E-state index is 11.9. The molecule has 5 nitrogen and oxygen atoms in total. The number of nitrogens with zero attached hydrogens (tertiary/aromatic N) is 3. The molecule has 1 aliphatic carbocycles. The van der Waals surface area contributed by atoms with E-state index in [0.29, 0.717) is 24.2 Å². The number of rotatable bonds is 3. The second kappa shape index (κ2) is 4.55. The molecule has 96 valence electrons. The zero-order valence-electron chi connectivity index (χ0n) is 10.5. The Morgan fingerprint density at radius 1 is 1.33 bits per heavy atom. The molecule has 1 saturated heterocycles. The summed E-state index contributed by atoms with van der Waals surface area (Å²) < 4.78 is 5.74. The van der Waals surface area contributed by atoms with Crippen LogP contribution in [-0.2, 0) is 4.79 Å². The molecule has 0 spiro atoms. The maximum atomic E-state index is 11.9. The van der Waals surface area contributed by atoms with E-state index in [2.05, 4.69) is 10.2 Å². The third-order valence-corrected chi connectivity index (χ3v) is 3.44. The molecule has 1 aliphatic heterocycles. The van der Waals surface area contributed by atoms with E-state index in [-0.39, 0.29) is 6.10 Å². The predicted octanol–water partition coefficient (Wildman–Crippen LogP) is 1.17. The highest BCUT2D eigenvalue weighted by atomic mass is 16.5. The van der Waals surface area contributed by atoms with E-state index in [0.717, 1.165) is 31.5 Å². The van der Waals surface area contributed by atoms with E-state index in [1.165, 1.54) is 0 Å². The molecular formula is C13H17N3O2. The SMILES string of the molecule is Cc1ccc(OC2CCN(C(=O)C3CC3)C2)nn1. The molecule has 1 aromatic heterocycles. The normalized spacial score (nSPS) is 23.2. The summed E-state index contributed by atoms with van der Waals surface area (Å²) in [5.74, 6) is 1.14. The fourth-order valence-electron chi connectivity index (χ4n) is 2.23. The van der Waals surface area contributed by atoms with Crippen molar-refractivity contribution in [2.45, 2.75) is 32.3 Å². The first-order valence-corrected chi connectivity index (χ1v) is 6.48. The number of carbonyl (C=O) groups is 1. The molecule has 5 heteroatoms. The van der Waals surface area contributed by atoms with Crippen molar-refractivity contribution in [2.24, 2.45) is 5.92 Å². The summed E-state index contributed by atoms with van der Waals surface area (Å²) >= 11 is 0. The summed E-state index contributed by atoms with van der Waals surface area (Å²) in [6.07, 6.45) is 3.06. The monoisotopic (exact) mass is 247 g/mol. The van der Waals surface area contributed by atoms with Gasteiger partial charge in [0.25, 0.3) is 0 Å². The van der Waals surface area contributed by atoms with Crippen LogP contribution in [-0.4, -0.2) is 40.2 Å². The molecule has 1 unspecified atom stereocenters. The van der Waals surface area contributed by atoms with Gasteiger partial charge in [0.05, 0.1) is 12.2 Å². The summed E-state index contributed by atoms with van der Waals surface area (Å²) in [5.41, 5.74) is 0.874. The van der Waals surface area contributed by atoms with Crippen LogP contribution < -0.4 is 4.74 Å². The average Bonchev–Trinajstić information content (AvgIpc) is 3.12. The fourth-order valence-corrected chi connectivity index (χ4v) is 2.23. The van der Waals surface area contributed by atoms with Gasteiger partial charge in [0.15, 0.2) is 0 Å². The van der Waals surface area contributed by atoms with E-state index >= 15 is 0 Å². The van der Waals surface area contributed by atoms with Crippen molar-refractivity contribution in [3.63, 3.8) is 0 Å². The van der Waals surface area contributed by atoms with E-state index < -0.39 is 0 Å². The third-order valence-electron chi connectivity index (χ3n) is 3.44. The molecule has 1 amide bonds. The van der Waals surface area contributed by atoms with E-state index in [1.807, 2.05) is 24.0 Å². The van der Waals surface area contributed by atoms with Crippen molar-refractivity contribution in [1.29, 1.82) is 0 Å². The lowest BCUT2D eigenvalue weighted by atomic mass is 10.3. The van der Waals surface area contributed by atoms with Gasteiger partial charge in [-0.2, -0.15) is 5.10 Å². The van der Waals surface area contributed by atoms with Gasteiger partial charge in [-0.3, -0.25) is 4.79 Å². The van der Waals surface area contributed by atoms with Gasteiger partial charge in [0.1, 0.15) is 6.10 Å². The molecule has 1 aromatic rings. The van der Waals surface area contributed by atoms with Gasteiger partial charge in [-0.15, -0.1) is 5.10 Å². The van der Waals surface area contributed by atoms with Gasteiger partial charge in [-0.1, -0.05) is 0 Å². The number of aromatic nitrogens is 2. The predicted molar refractivity (Wildman–Crippen MR) is 65.1 cm³/mol. The molecule has 0 N–H and O–H groups in total.